The quantitative estimate of drug-likeness (QED) is 0.869. The van der Waals surface area contributed by atoms with Gasteiger partial charge in [-0.05, 0) is 35.8 Å². The SMILES string of the molecule is CCc1nn(C)cc1C1C(CNC(C)C)C1(C)C. The second-order valence-corrected chi connectivity index (χ2v) is 6.53. The van der Waals surface area contributed by atoms with Crippen molar-refractivity contribution >= 4 is 0 Å². The predicted molar refractivity (Wildman–Crippen MR) is 75.7 cm³/mol. The van der Waals surface area contributed by atoms with Crippen LogP contribution in [0.2, 0.25) is 0 Å². The lowest BCUT2D eigenvalue weighted by Gasteiger charge is -2.08. The van der Waals surface area contributed by atoms with Crippen LogP contribution in [0.15, 0.2) is 6.20 Å². The largest absolute Gasteiger partial charge is 0.314 e. The lowest BCUT2D eigenvalue weighted by molar-refractivity contribution is 0.491. The first-order chi connectivity index (χ1) is 8.37. The summed E-state index contributed by atoms with van der Waals surface area (Å²) in [5, 5.41) is 8.16. The van der Waals surface area contributed by atoms with Crippen LogP contribution in [-0.4, -0.2) is 22.4 Å². The number of hydrogen-bond donors (Lipinski definition) is 1. The lowest BCUT2D eigenvalue weighted by atomic mass is 10.0. The highest BCUT2D eigenvalue weighted by Crippen LogP contribution is 2.64. The summed E-state index contributed by atoms with van der Waals surface area (Å²) in [5.41, 5.74) is 3.16. The first-order valence-electron chi connectivity index (χ1n) is 7.13. The smallest absolute Gasteiger partial charge is 0.0656 e. The Labute approximate surface area is 111 Å². The Morgan fingerprint density at radius 1 is 1.44 bits per heavy atom. The topological polar surface area (TPSA) is 29.9 Å². The molecule has 2 rings (SSSR count). The molecular formula is C15H27N3. The summed E-state index contributed by atoms with van der Waals surface area (Å²) in [7, 11) is 2.03. The first-order valence-corrected chi connectivity index (χ1v) is 7.13. The molecule has 1 aromatic rings. The van der Waals surface area contributed by atoms with Gasteiger partial charge in [-0.25, -0.2) is 0 Å². The van der Waals surface area contributed by atoms with Gasteiger partial charge in [-0.1, -0.05) is 34.6 Å². The fourth-order valence-electron chi connectivity index (χ4n) is 3.19. The minimum absolute atomic E-state index is 0.412. The summed E-state index contributed by atoms with van der Waals surface area (Å²) < 4.78 is 1.97. The van der Waals surface area contributed by atoms with E-state index in [0.29, 0.717) is 17.4 Å². The van der Waals surface area contributed by atoms with E-state index < -0.39 is 0 Å². The number of hydrogen-bond acceptors (Lipinski definition) is 2. The molecular weight excluding hydrogens is 222 g/mol. The normalized spacial score (nSPS) is 25.7. The maximum atomic E-state index is 4.58. The maximum absolute atomic E-state index is 4.58. The van der Waals surface area contributed by atoms with Crippen LogP contribution >= 0.6 is 0 Å². The van der Waals surface area contributed by atoms with Crippen LogP contribution < -0.4 is 5.32 Å². The molecule has 1 fully saturated rings. The van der Waals surface area contributed by atoms with E-state index in [1.165, 1.54) is 11.3 Å². The third-order valence-corrected chi connectivity index (χ3v) is 4.40. The Morgan fingerprint density at radius 3 is 2.67 bits per heavy atom. The van der Waals surface area contributed by atoms with Crippen molar-refractivity contribution < 1.29 is 0 Å². The minimum Gasteiger partial charge on any atom is -0.314 e. The molecule has 2 atom stereocenters. The summed E-state index contributed by atoms with van der Waals surface area (Å²) in [6, 6.07) is 0.571. The third kappa shape index (κ3) is 2.33. The van der Waals surface area contributed by atoms with Gasteiger partial charge >= 0.3 is 0 Å². The zero-order chi connectivity index (χ0) is 13.5. The van der Waals surface area contributed by atoms with E-state index >= 15 is 0 Å². The average Bonchev–Trinajstić information content (AvgIpc) is 2.63. The van der Waals surface area contributed by atoms with E-state index in [1.807, 2.05) is 11.7 Å². The highest BCUT2D eigenvalue weighted by Gasteiger charge is 2.58. The highest BCUT2D eigenvalue weighted by atomic mass is 15.3. The molecule has 3 nitrogen and oxygen atoms in total. The summed E-state index contributed by atoms with van der Waals surface area (Å²) in [5.74, 6) is 1.42. The van der Waals surface area contributed by atoms with Crippen molar-refractivity contribution in [2.45, 2.75) is 53.0 Å². The standard InChI is InChI=1S/C15H27N3/c1-7-13-11(9-18(6)17-13)14-12(15(14,4)5)8-16-10(2)3/h9-10,12,14,16H,7-8H2,1-6H3. The molecule has 1 heterocycles. The van der Waals surface area contributed by atoms with Gasteiger partial charge in [-0.15, -0.1) is 0 Å². The van der Waals surface area contributed by atoms with Gasteiger partial charge < -0.3 is 5.32 Å². The van der Waals surface area contributed by atoms with Crippen molar-refractivity contribution in [2.24, 2.45) is 18.4 Å². The number of aryl methyl sites for hydroxylation is 2. The zero-order valence-corrected chi connectivity index (χ0v) is 12.6. The minimum atomic E-state index is 0.412. The summed E-state index contributed by atoms with van der Waals surface area (Å²) in [4.78, 5) is 0. The Hall–Kier alpha value is -0.830. The van der Waals surface area contributed by atoms with Crippen molar-refractivity contribution in [3.05, 3.63) is 17.5 Å². The van der Waals surface area contributed by atoms with Gasteiger partial charge in [0.15, 0.2) is 0 Å². The first kappa shape index (κ1) is 13.6. The molecule has 1 saturated carbocycles. The van der Waals surface area contributed by atoms with Crippen LogP contribution in [0.1, 0.15) is 51.8 Å². The van der Waals surface area contributed by atoms with Gasteiger partial charge in [0.25, 0.3) is 0 Å². The molecule has 0 aliphatic heterocycles. The second kappa shape index (κ2) is 4.69. The Morgan fingerprint density at radius 2 is 2.11 bits per heavy atom. The molecule has 1 aliphatic carbocycles. The van der Waals surface area contributed by atoms with E-state index in [9.17, 15) is 0 Å². The lowest BCUT2D eigenvalue weighted by Crippen LogP contribution is -2.26. The van der Waals surface area contributed by atoms with Crippen LogP contribution in [0, 0.1) is 11.3 Å². The average molecular weight is 249 g/mol. The molecule has 1 aliphatic rings. The monoisotopic (exact) mass is 249 g/mol. The molecule has 2 unspecified atom stereocenters. The fourth-order valence-corrected chi connectivity index (χ4v) is 3.19. The molecule has 0 spiro atoms. The number of aromatic nitrogens is 2. The highest BCUT2D eigenvalue weighted by molar-refractivity contribution is 5.33. The van der Waals surface area contributed by atoms with E-state index in [1.54, 1.807) is 0 Å². The summed E-state index contributed by atoms with van der Waals surface area (Å²) in [6.45, 7) is 12.5. The van der Waals surface area contributed by atoms with Crippen LogP contribution in [0.3, 0.4) is 0 Å². The van der Waals surface area contributed by atoms with Crippen LogP contribution in [-0.2, 0) is 13.5 Å². The van der Waals surface area contributed by atoms with Crippen LogP contribution in [0.5, 0.6) is 0 Å². The Balaban J connectivity index is 2.13. The summed E-state index contributed by atoms with van der Waals surface area (Å²) >= 11 is 0. The van der Waals surface area contributed by atoms with Crippen LogP contribution in [0.25, 0.3) is 0 Å². The maximum Gasteiger partial charge on any atom is 0.0656 e. The van der Waals surface area contributed by atoms with Crippen molar-refractivity contribution in [3.63, 3.8) is 0 Å². The fraction of sp³-hybridized carbons (Fsp3) is 0.800. The summed E-state index contributed by atoms with van der Waals surface area (Å²) in [6.07, 6.45) is 3.26. The molecule has 0 aromatic carbocycles. The molecule has 0 bridgehead atoms. The van der Waals surface area contributed by atoms with Crippen molar-refractivity contribution in [1.29, 1.82) is 0 Å². The molecule has 0 saturated heterocycles. The van der Waals surface area contributed by atoms with E-state index in [0.717, 1.165) is 18.9 Å². The Kier molecular flexibility index (Phi) is 3.54. The van der Waals surface area contributed by atoms with E-state index in [4.69, 9.17) is 0 Å². The Bertz CT molecular complexity index is 417. The van der Waals surface area contributed by atoms with Crippen molar-refractivity contribution in [1.82, 2.24) is 15.1 Å². The zero-order valence-electron chi connectivity index (χ0n) is 12.6. The van der Waals surface area contributed by atoms with E-state index in [-0.39, 0.29) is 0 Å². The predicted octanol–water partition coefficient (Wildman–Crippen LogP) is 2.72. The van der Waals surface area contributed by atoms with Crippen molar-refractivity contribution in [3.8, 4) is 0 Å². The van der Waals surface area contributed by atoms with Gasteiger partial charge in [0.2, 0.25) is 0 Å². The van der Waals surface area contributed by atoms with Gasteiger partial charge in [0.1, 0.15) is 0 Å². The number of nitrogens with zero attached hydrogens (tertiary/aromatic N) is 2. The third-order valence-electron chi connectivity index (χ3n) is 4.40. The molecule has 18 heavy (non-hydrogen) atoms. The number of nitrogens with one attached hydrogen (secondary N) is 1. The molecule has 0 amide bonds. The van der Waals surface area contributed by atoms with Gasteiger partial charge in [0.05, 0.1) is 5.69 Å². The van der Waals surface area contributed by atoms with E-state index in [2.05, 4.69) is 51.2 Å². The molecule has 1 aromatic heterocycles. The molecule has 0 radical (unpaired) electrons. The van der Waals surface area contributed by atoms with Crippen LogP contribution in [0.4, 0.5) is 0 Å². The molecule has 102 valence electrons. The van der Waals surface area contributed by atoms with Gasteiger partial charge in [-0.2, -0.15) is 5.10 Å². The second-order valence-electron chi connectivity index (χ2n) is 6.53. The van der Waals surface area contributed by atoms with Crippen molar-refractivity contribution in [2.75, 3.05) is 6.54 Å². The number of rotatable bonds is 5. The van der Waals surface area contributed by atoms with Gasteiger partial charge in [0, 0.05) is 19.3 Å². The molecule has 1 N–H and O–H groups in total. The molecule has 3 heteroatoms. The van der Waals surface area contributed by atoms with Gasteiger partial charge in [-0.3, -0.25) is 4.68 Å².